The monoisotopic (exact) mass is 354 g/mol. The zero-order valence-electron chi connectivity index (χ0n) is 14.9. The fourth-order valence-corrected chi connectivity index (χ4v) is 3.23. The van der Waals surface area contributed by atoms with Gasteiger partial charge in [0, 0.05) is 32.0 Å². The number of hydrogen-bond acceptors (Lipinski definition) is 6. The quantitative estimate of drug-likeness (QED) is 0.658. The normalized spacial score (nSPS) is 13.9. The Kier molecular flexibility index (Phi) is 4.62. The summed E-state index contributed by atoms with van der Waals surface area (Å²) in [6.45, 7) is 3.83. The Morgan fingerprint density at radius 2 is 2.19 bits per heavy atom. The van der Waals surface area contributed by atoms with E-state index >= 15 is 0 Å². The number of nitrogens with one attached hydrogen (secondary N) is 1. The van der Waals surface area contributed by atoms with Crippen molar-refractivity contribution in [2.45, 2.75) is 19.3 Å². The number of rotatable bonds is 7. The molecule has 2 aromatic heterocycles. The van der Waals surface area contributed by atoms with E-state index in [1.54, 1.807) is 19.5 Å². The van der Waals surface area contributed by atoms with Gasteiger partial charge in [-0.3, -0.25) is 9.38 Å². The van der Waals surface area contributed by atoms with Gasteiger partial charge in [-0.25, -0.2) is 4.98 Å². The summed E-state index contributed by atoms with van der Waals surface area (Å²) in [5, 5.41) is 3.45. The number of nitrogens with zero attached hydrogens (tertiary/aromatic N) is 3. The van der Waals surface area contributed by atoms with E-state index in [2.05, 4.69) is 23.3 Å². The summed E-state index contributed by atoms with van der Waals surface area (Å²) < 4.78 is 18.1. The van der Waals surface area contributed by atoms with Crippen LogP contribution in [0.25, 0.3) is 5.65 Å². The van der Waals surface area contributed by atoms with E-state index in [1.165, 1.54) is 5.56 Å². The first-order chi connectivity index (χ1) is 12.8. The zero-order valence-corrected chi connectivity index (χ0v) is 14.9. The second-order valence-corrected chi connectivity index (χ2v) is 6.36. The van der Waals surface area contributed by atoms with Gasteiger partial charge in [-0.1, -0.05) is 13.0 Å². The smallest absolute Gasteiger partial charge is 0.231 e. The Morgan fingerprint density at radius 3 is 3.08 bits per heavy atom. The highest BCUT2D eigenvalue weighted by molar-refractivity contribution is 5.55. The minimum Gasteiger partial charge on any atom is -0.454 e. The molecule has 3 heterocycles. The largest absolute Gasteiger partial charge is 0.454 e. The molecule has 1 aromatic carbocycles. The maximum absolute atomic E-state index is 5.49. The molecule has 0 spiro atoms. The van der Waals surface area contributed by atoms with E-state index in [4.69, 9.17) is 19.2 Å². The maximum Gasteiger partial charge on any atom is 0.231 e. The van der Waals surface area contributed by atoms with Crippen LogP contribution in [-0.4, -0.2) is 41.4 Å². The summed E-state index contributed by atoms with van der Waals surface area (Å²) in [5.41, 5.74) is 3.05. The molecule has 26 heavy (non-hydrogen) atoms. The van der Waals surface area contributed by atoms with E-state index in [-0.39, 0.29) is 5.92 Å². The number of hydrogen-bond donors (Lipinski definition) is 1. The highest BCUT2D eigenvalue weighted by Crippen LogP contribution is 2.35. The molecular weight excluding hydrogens is 332 g/mol. The van der Waals surface area contributed by atoms with Gasteiger partial charge in [-0.05, 0) is 24.1 Å². The van der Waals surface area contributed by atoms with E-state index in [0.29, 0.717) is 13.4 Å². The third-order valence-corrected chi connectivity index (χ3v) is 4.50. The van der Waals surface area contributed by atoms with Gasteiger partial charge >= 0.3 is 0 Å². The van der Waals surface area contributed by atoms with Crippen molar-refractivity contribution < 1.29 is 14.2 Å². The van der Waals surface area contributed by atoms with Crippen molar-refractivity contribution in [1.29, 1.82) is 0 Å². The van der Waals surface area contributed by atoms with E-state index in [1.807, 2.05) is 22.7 Å². The first-order valence-electron chi connectivity index (χ1n) is 8.69. The zero-order chi connectivity index (χ0) is 17.9. The van der Waals surface area contributed by atoms with Crippen LogP contribution in [0.5, 0.6) is 11.5 Å². The van der Waals surface area contributed by atoms with Gasteiger partial charge in [-0.15, -0.1) is 0 Å². The van der Waals surface area contributed by atoms with E-state index < -0.39 is 0 Å². The Morgan fingerprint density at radius 1 is 1.31 bits per heavy atom. The Hall–Kier alpha value is -2.80. The average Bonchev–Trinajstić information content (AvgIpc) is 3.26. The van der Waals surface area contributed by atoms with Crippen LogP contribution in [0.2, 0.25) is 0 Å². The molecule has 0 radical (unpaired) electrons. The van der Waals surface area contributed by atoms with Crippen LogP contribution >= 0.6 is 0 Å². The molecule has 1 N–H and O–H groups in total. The highest BCUT2D eigenvalue weighted by Gasteiger charge is 2.20. The highest BCUT2D eigenvalue weighted by atomic mass is 16.7. The van der Waals surface area contributed by atoms with Crippen LogP contribution in [0.4, 0.5) is 5.82 Å². The number of fused-ring (bicyclic) bond motifs is 2. The second-order valence-electron chi connectivity index (χ2n) is 6.36. The topological polar surface area (TPSA) is 69.9 Å². The predicted molar refractivity (Wildman–Crippen MR) is 98.0 cm³/mol. The number of anilines is 1. The van der Waals surface area contributed by atoms with E-state index in [0.717, 1.165) is 41.6 Å². The van der Waals surface area contributed by atoms with Gasteiger partial charge in [0.2, 0.25) is 6.79 Å². The number of imidazole rings is 1. The molecule has 0 saturated heterocycles. The number of ether oxygens (including phenoxy) is 3. The Labute approximate surface area is 151 Å². The molecule has 0 amide bonds. The molecule has 1 unspecified atom stereocenters. The van der Waals surface area contributed by atoms with Gasteiger partial charge in [0.05, 0.1) is 18.5 Å². The van der Waals surface area contributed by atoms with Crippen LogP contribution in [0.15, 0.2) is 36.8 Å². The number of benzene rings is 1. The lowest BCUT2D eigenvalue weighted by atomic mass is 9.97. The van der Waals surface area contributed by atoms with Crippen LogP contribution in [0, 0.1) is 0 Å². The minimum atomic E-state index is 0.223. The van der Waals surface area contributed by atoms with Crippen molar-refractivity contribution in [3.8, 4) is 11.5 Å². The van der Waals surface area contributed by atoms with Crippen molar-refractivity contribution in [1.82, 2.24) is 14.4 Å². The molecule has 1 aliphatic rings. The second kappa shape index (κ2) is 7.21. The first-order valence-corrected chi connectivity index (χ1v) is 8.69. The molecule has 0 aliphatic carbocycles. The molecule has 0 saturated carbocycles. The van der Waals surface area contributed by atoms with Crippen LogP contribution in [0.3, 0.4) is 0 Å². The van der Waals surface area contributed by atoms with Gasteiger partial charge in [-0.2, -0.15) is 0 Å². The van der Waals surface area contributed by atoms with E-state index in [9.17, 15) is 0 Å². The first kappa shape index (κ1) is 16.7. The van der Waals surface area contributed by atoms with Crippen LogP contribution in [-0.2, 0) is 11.2 Å². The molecule has 7 heteroatoms. The average molecular weight is 354 g/mol. The lowest BCUT2D eigenvalue weighted by Gasteiger charge is -2.14. The molecular formula is C19H22N4O3. The summed E-state index contributed by atoms with van der Waals surface area (Å²) in [6.07, 6.45) is 6.32. The summed E-state index contributed by atoms with van der Waals surface area (Å²) in [5.74, 6) is 2.84. The Bertz CT molecular complexity index is 909. The van der Waals surface area contributed by atoms with Gasteiger partial charge in [0.15, 0.2) is 17.1 Å². The van der Waals surface area contributed by atoms with Gasteiger partial charge in [0.1, 0.15) is 5.82 Å². The van der Waals surface area contributed by atoms with Crippen molar-refractivity contribution in [2.24, 2.45) is 0 Å². The predicted octanol–water partition coefficient (Wildman–Crippen LogP) is 2.86. The van der Waals surface area contributed by atoms with Crippen molar-refractivity contribution in [3.63, 3.8) is 0 Å². The summed E-state index contributed by atoms with van der Waals surface area (Å²) in [4.78, 5) is 8.98. The SMILES string of the molecule is COCCNc1c(C(C)Cc2ccc3c(c2)OCO3)nc2cnccn12. The van der Waals surface area contributed by atoms with Crippen molar-refractivity contribution in [2.75, 3.05) is 32.4 Å². The third-order valence-electron chi connectivity index (χ3n) is 4.50. The molecule has 3 aromatic rings. The Balaban J connectivity index is 1.61. The molecule has 7 nitrogen and oxygen atoms in total. The van der Waals surface area contributed by atoms with Crippen molar-refractivity contribution >= 4 is 11.5 Å². The fourth-order valence-electron chi connectivity index (χ4n) is 3.23. The van der Waals surface area contributed by atoms with Crippen LogP contribution < -0.4 is 14.8 Å². The molecule has 4 rings (SSSR count). The van der Waals surface area contributed by atoms with Crippen LogP contribution in [0.1, 0.15) is 24.1 Å². The van der Waals surface area contributed by atoms with Gasteiger partial charge < -0.3 is 19.5 Å². The maximum atomic E-state index is 5.49. The van der Waals surface area contributed by atoms with Gasteiger partial charge in [0.25, 0.3) is 0 Å². The lowest BCUT2D eigenvalue weighted by molar-refractivity contribution is 0.174. The summed E-state index contributed by atoms with van der Waals surface area (Å²) in [6, 6.07) is 6.10. The van der Waals surface area contributed by atoms with Crippen molar-refractivity contribution in [3.05, 3.63) is 48.0 Å². The minimum absolute atomic E-state index is 0.223. The lowest BCUT2D eigenvalue weighted by Crippen LogP contribution is -2.12. The molecule has 1 atom stereocenters. The number of aromatic nitrogens is 3. The molecule has 0 fully saturated rings. The standard InChI is InChI=1S/C19H22N4O3/c1-13(9-14-3-4-15-16(10-14)26-12-25-15)18-19(21-6-8-24-2)23-7-5-20-11-17(23)22-18/h3-5,7,10-11,13,21H,6,8-9,12H2,1-2H3. The molecule has 0 bridgehead atoms. The summed E-state index contributed by atoms with van der Waals surface area (Å²) in [7, 11) is 1.70. The molecule has 136 valence electrons. The molecule has 1 aliphatic heterocycles. The fraction of sp³-hybridized carbons (Fsp3) is 0.368. The summed E-state index contributed by atoms with van der Waals surface area (Å²) >= 11 is 0. The third kappa shape index (κ3) is 3.17. The number of methoxy groups -OCH3 is 1.